The average molecular weight is 407 g/mol. The van der Waals surface area contributed by atoms with Gasteiger partial charge < -0.3 is 10.1 Å². The van der Waals surface area contributed by atoms with Crippen molar-refractivity contribution in [3.05, 3.63) is 82.4 Å². The Balaban J connectivity index is 1.59. The number of halogens is 1. The van der Waals surface area contributed by atoms with Crippen molar-refractivity contribution < 1.29 is 9.53 Å². The van der Waals surface area contributed by atoms with E-state index in [1.54, 1.807) is 30.3 Å². The second-order valence-corrected chi connectivity index (χ2v) is 7.11. The van der Waals surface area contributed by atoms with E-state index in [1.807, 2.05) is 22.9 Å². The largest absolute Gasteiger partial charge is 0.495 e. The van der Waals surface area contributed by atoms with Crippen LogP contribution in [0.25, 0.3) is 11.0 Å². The number of aromatic nitrogens is 3. The predicted octanol–water partition coefficient (Wildman–Crippen LogP) is 4.70. The van der Waals surface area contributed by atoms with Crippen LogP contribution >= 0.6 is 11.6 Å². The van der Waals surface area contributed by atoms with Crippen molar-refractivity contribution in [1.82, 2.24) is 15.0 Å². The number of methoxy groups -OCH3 is 1. The van der Waals surface area contributed by atoms with E-state index in [9.17, 15) is 4.79 Å². The molecule has 0 fully saturated rings. The van der Waals surface area contributed by atoms with E-state index in [0.717, 1.165) is 5.52 Å². The number of hydrogen-bond donors (Lipinski definition) is 1. The molecular formula is C22H19ClN4O2. The summed E-state index contributed by atoms with van der Waals surface area (Å²) in [5, 5.41) is 11.8. The third-order valence-corrected chi connectivity index (χ3v) is 5.00. The van der Waals surface area contributed by atoms with E-state index in [2.05, 4.69) is 34.7 Å². The van der Waals surface area contributed by atoms with Crippen LogP contribution in [0.1, 0.15) is 21.5 Å². The molecule has 0 aliphatic heterocycles. The third kappa shape index (κ3) is 3.93. The highest BCUT2D eigenvalue weighted by molar-refractivity contribution is 6.31. The Kier molecular flexibility index (Phi) is 5.18. The molecule has 0 saturated heterocycles. The van der Waals surface area contributed by atoms with Gasteiger partial charge in [-0.25, -0.2) is 4.68 Å². The van der Waals surface area contributed by atoms with E-state index < -0.39 is 0 Å². The zero-order valence-electron chi connectivity index (χ0n) is 16.0. The molecule has 0 atom stereocenters. The highest BCUT2D eigenvalue weighted by Crippen LogP contribution is 2.28. The molecule has 146 valence electrons. The summed E-state index contributed by atoms with van der Waals surface area (Å²) in [5.41, 5.74) is 4.88. The SMILES string of the molecule is COc1ccc(Cl)cc1NC(=O)c1ccc2c(c1)nnn2Cc1ccccc1C. The van der Waals surface area contributed by atoms with Gasteiger partial charge >= 0.3 is 0 Å². The molecule has 3 aromatic carbocycles. The number of ether oxygens (including phenoxy) is 1. The van der Waals surface area contributed by atoms with Gasteiger partial charge in [0.15, 0.2) is 0 Å². The Morgan fingerprint density at radius 3 is 2.76 bits per heavy atom. The van der Waals surface area contributed by atoms with Gasteiger partial charge in [-0.15, -0.1) is 5.10 Å². The number of nitrogens with zero attached hydrogens (tertiary/aromatic N) is 3. The monoisotopic (exact) mass is 406 g/mol. The molecule has 29 heavy (non-hydrogen) atoms. The van der Waals surface area contributed by atoms with Gasteiger partial charge in [0.05, 0.1) is 24.9 Å². The van der Waals surface area contributed by atoms with Crippen molar-refractivity contribution in [1.29, 1.82) is 0 Å². The summed E-state index contributed by atoms with van der Waals surface area (Å²) in [4.78, 5) is 12.7. The minimum absolute atomic E-state index is 0.277. The number of benzene rings is 3. The molecular weight excluding hydrogens is 388 g/mol. The number of aryl methyl sites for hydroxylation is 1. The van der Waals surface area contributed by atoms with Gasteiger partial charge in [-0.2, -0.15) is 0 Å². The smallest absolute Gasteiger partial charge is 0.255 e. The highest BCUT2D eigenvalue weighted by Gasteiger charge is 2.13. The fraction of sp³-hybridized carbons (Fsp3) is 0.136. The summed E-state index contributed by atoms with van der Waals surface area (Å²) in [5.74, 6) is 0.258. The summed E-state index contributed by atoms with van der Waals surface area (Å²) < 4.78 is 7.11. The van der Waals surface area contributed by atoms with Crippen molar-refractivity contribution in [2.24, 2.45) is 0 Å². The molecule has 1 N–H and O–H groups in total. The van der Waals surface area contributed by atoms with Crippen LogP contribution in [0.5, 0.6) is 5.75 Å². The molecule has 7 heteroatoms. The van der Waals surface area contributed by atoms with Crippen molar-refractivity contribution >= 4 is 34.2 Å². The molecule has 0 unspecified atom stereocenters. The van der Waals surface area contributed by atoms with Crippen LogP contribution in [0, 0.1) is 6.92 Å². The first-order chi connectivity index (χ1) is 14.0. The van der Waals surface area contributed by atoms with Gasteiger partial charge in [-0.05, 0) is 54.4 Å². The van der Waals surface area contributed by atoms with Gasteiger partial charge in [0, 0.05) is 10.6 Å². The molecule has 0 spiro atoms. The Bertz CT molecular complexity index is 1200. The van der Waals surface area contributed by atoms with Crippen molar-refractivity contribution in [3.63, 3.8) is 0 Å². The second kappa shape index (κ2) is 7.93. The molecule has 6 nitrogen and oxygen atoms in total. The first kappa shape index (κ1) is 19.0. The quantitative estimate of drug-likeness (QED) is 0.521. The summed E-state index contributed by atoms with van der Waals surface area (Å²) in [7, 11) is 1.54. The Morgan fingerprint density at radius 1 is 1.14 bits per heavy atom. The normalized spacial score (nSPS) is 10.9. The number of amides is 1. The molecule has 0 aliphatic rings. The lowest BCUT2D eigenvalue weighted by Crippen LogP contribution is -2.12. The van der Waals surface area contributed by atoms with E-state index >= 15 is 0 Å². The van der Waals surface area contributed by atoms with Crippen LogP contribution in [-0.2, 0) is 6.54 Å². The summed E-state index contributed by atoms with van der Waals surface area (Å²) in [6.45, 7) is 2.69. The predicted molar refractivity (Wildman–Crippen MR) is 114 cm³/mol. The van der Waals surface area contributed by atoms with Crippen LogP contribution in [0.4, 0.5) is 5.69 Å². The van der Waals surface area contributed by atoms with Crippen molar-refractivity contribution in [2.75, 3.05) is 12.4 Å². The number of rotatable bonds is 5. The molecule has 1 aromatic heterocycles. The lowest BCUT2D eigenvalue weighted by Gasteiger charge is -2.10. The van der Waals surface area contributed by atoms with Gasteiger partial charge in [0.2, 0.25) is 0 Å². The van der Waals surface area contributed by atoms with Crippen LogP contribution in [0.3, 0.4) is 0 Å². The molecule has 4 aromatic rings. The number of anilines is 1. The maximum atomic E-state index is 12.7. The number of nitrogens with one attached hydrogen (secondary N) is 1. The molecule has 1 heterocycles. The maximum absolute atomic E-state index is 12.7. The number of carbonyl (C=O) groups excluding carboxylic acids is 1. The van der Waals surface area contributed by atoms with E-state index in [1.165, 1.54) is 18.2 Å². The fourth-order valence-corrected chi connectivity index (χ4v) is 3.32. The summed E-state index contributed by atoms with van der Waals surface area (Å²) in [6, 6.07) is 18.6. The molecule has 4 rings (SSSR count). The first-order valence-corrected chi connectivity index (χ1v) is 9.45. The molecule has 1 amide bonds. The molecule has 0 saturated carbocycles. The van der Waals surface area contributed by atoms with Crippen molar-refractivity contribution in [3.8, 4) is 5.75 Å². The minimum atomic E-state index is -0.277. The lowest BCUT2D eigenvalue weighted by atomic mass is 10.1. The zero-order valence-corrected chi connectivity index (χ0v) is 16.8. The topological polar surface area (TPSA) is 69.0 Å². The van der Waals surface area contributed by atoms with Crippen LogP contribution in [0.2, 0.25) is 5.02 Å². The zero-order chi connectivity index (χ0) is 20.4. The van der Waals surface area contributed by atoms with E-state index in [-0.39, 0.29) is 5.91 Å². The standard InChI is InChI=1S/C22H19ClN4O2/c1-14-5-3-4-6-16(14)13-27-20-9-7-15(11-18(20)25-26-27)22(28)24-19-12-17(23)8-10-21(19)29-2/h3-12H,13H2,1-2H3,(H,24,28). The number of fused-ring (bicyclic) bond motifs is 1. The van der Waals surface area contributed by atoms with Crippen LogP contribution in [-0.4, -0.2) is 28.0 Å². The number of carbonyl (C=O) groups is 1. The van der Waals surface area contributed by atoms with Gasteiger partial charge in [-0.3, -0.25) is 4.79 Å². The van der Waals surface area contributed by atoms with Crippen LogP contribution in [0.15, 0.2) is 60.7 Å². The first-order valence-electron chi connectivity index (χ1n) is 9.08. The van der Waals surface area contributed by atoms with Gasteiger partial charge in [0.1, 0.15) is 11.3 Å². The third-order valence-electron chi connectivity index (χ3n) is 4.77. The summed E-state index contributed by atoms with van der Waals surface area (Å²) >= 11 is 6.03. The van der Waals surface area contributed by atoms with Gasteiger partial charge in [0.25, 0.3) is 5.91 Å². The Labute approximate surface area is 173 Å². The molecule has 0 aliphatic carbocycles. The fourth-order valence-electron chi connectivity index (χ4n) is 3.15. The molecule has 0 bridgehead atoms. The van der Waals surface area contributed by atoms with E-state index in [0.29, 0.717) is 34.1 Å². The van der Waals surface area contributed by atoms with E-state index in [4.69, 9.17) is 16.3 Å². The lowest BCUT2D eigenvalue weighted by molar-refractivity contribution is 0.102. The minimum Gasteiger partial charge on any atom is -0.495 e. The second-order valence-electron chi connectivity index (χ2n) is 6.68. The molecule has 0 radical (unpaired) electrons. The Hall–Kier alpha value is -3.38. The summed E-state index contributed by atoms with van der Waals surface area (Å²) in [6.07, 6.45) is 0. The van der Waals surface area contributed by atoms with Crippen LogP contribution < -0.4 is 10.1 Å². The Morgan fingerprint density at radius 2 is 1.97 bits per heavy atom. The average Bonchev–Trinajstić information content (AvgIpc) is 3.12. The van der Waals surface area contributed by atoms with Crippen molar-refractivity contribution in [2.45, 2.75) is 13.5 Å². The highest BCUT2D eigenvalue weighted by atomic mass is 35.5. The van der Waals surface area contributed by atoms with Gasteiger partial charge in [-0.1, -0.05) is 41.1 Å². The maximum Gasteiger partial charge on any atom is 0.255 e. The number of hydrogen-bond acceptors (Lipinski definition) is 4.